The second-order valence-electron chi connectivity index (χ2n) is 22.4. The van der Waals surface area contributed by atoms with Crippen molar-refractivity contribution in [2.75, 3.05) is 0 Å². The maximum absolute atomic E-state index is 14.1. The summed E-state index contributed by atoms with van der Waals surface area (Å²) in [5, 5.41) is 36.8. The Morgan fingerprint density at radius 3 is 0.686 bits per heavy atom. The molecule has 0 fully saturated rings. The minimum Gasteiger partial charge on any atom is -0.369 e. The summed E-state index contributed by atoms with van der Waals surface area (Å²) in [5.41, 5.74) is 16.0. The summed E-state index contributed by atoms with van der Waals surface area (Å²) in [4.78, 5) is 0. The zero-order chi connectivity index (χ0) is 49.7. The minimum absolute atomic E-state index is 0.383. The molecule has 2 nitrogen and oxygen atoms in total. The van der Waals surface area contributed by atoms with Crippen molar-refractivity contribution < 1.29 is 10.2 Å². The van der Waals surface area contributed by atoms with Gasteiger partial charge in [0.15, 0.2) is 11.2 Å². The maximum atomic E-state index is 14.1. The Balaban J connectivity index is 1.43. The van der Waals surface area contributed by atoms with E-state index in [1.807, 2.05) is 0 Å². The first-order valence-electron chi connectivity index (χ1n) is 25.8. The highest BCUT2D eigenvalue weighted by atomic mass is 28.3. The number of hydrogen-bond acceptors (Lipinski definition) is 2. The molecular formula is C66H68O2Si2. The van der Waals surface area contributed by atoms with Gasteiger partial charge in [0.1, 0.15) is 16.1 Å². The summed E-state index contributed by atoms with van der Waals surface area (Å²) in [6.45, 7) is 28.1. The van der Waals surface area contributed by atoms with Gasteiger partial charge in [0.2, 0.25) is 0 Å². The molecule has 70 heavy (non-hydrogen) atoms. The van der Waals surface area contributed by atoms with E-state index in [9.17, 15) is 10.2 Å². The largest absolute Gasteiger partial charge is 0.369 e. The first-order chi connectivity index (χ1) is 33.4. The number of fused-ring (bicyclic) bond motifs is 8. The van der Waals surface area contributed by atoms with Crippen molar-refractivity contribution in [3.63, 3.8) is 0 Å². The summed E-state index contributed by atoms with van der Waals surface area (Å²) in [6, 6.07) is 52.1. The third-order valence-electron chi connectivity index (χ3n) is 17.1. The van der Waals surface area contributed by atoms with Crippen LogP contribution < -0.4 is 0 Å². The van der Waals surface area contributed by atoms with Gasteiger partial charge in [-0.3, -0.25) is 0 Å². The SMILES string of the molecule is CC(C)[Si](C#CC1(O)c2cc3ccccc3cc2C(=C2c3cc4ccccc4cc3C(O)(C#C[Si](C(C)C)(C(C)C)C(C)C)c3cc4ccccc4cc32)c2cc3ccccc3cc21)(C(C)C)C(C)C. The predicted octanol–water partition coefficient (Wildman–Crippen LogP) is 16.8. The second kappa shape index (κ2) is 17.4. The summed E-state index contributed by atoms with van der Waals surface area (Å²) < 4.78 is 0. The fourth-order valence-corrected chi connectivity index (χ4v) is 24.2. The smallest absolute Gasteiger partial charge is 0.177 e. The first-order valence-corrected chi connectivity index (χ1v) is 30.2. The van der Waals surface area contributed by atoms with Crippen LogP contribution >= 0.6 is 0 Å². The van der Waals surface area contributed by atoms with E-state index >= 15 is 0 Å². The molecule has 0 saturated carbocycles. The van der Waals surface area contributed by atoms with Crippen LogP contribution in [0.5, 0.6) is 0 Å². The van der Waals surface area contributed by atoms with Gasteiger partial charge in [-0.05, 0) is 158 Å². The maximum Gasteiger partial charge on any atom is 0.177 e. The number of hydrogen-bond donors (Lipinski definition) is 2. The van der Waals surface area contributed by atoms with Gasteiger partial charge in [-0.25, -0.2) is 0 Å². The van der Waals surface area contributed by atoms with E-state index in [0.29, 0.717) is 33.2 Å². The standard InChI is InChI=1S/C66H68O2Si2/c1-41(2)69(42(3)4,43(5)6)31-29-65(67)59-37-51-25-17-13-21-47(51)33-55(59)63(56-34-48-22-14-18-26-52(48)38-60(56)65)64-57-35-49-23-15-19-27-53(49)39-61(57)66(68,30-32-70(44(7)8,45(9)10)46(11)12)62-40-54-28-20-16-24-50(54)36-58(62)64/h13-28,33-46,67-68H,1-12H3. The van der Waals surface area contributed by atoms with Crippen LogP contribution in [-0.2, 0) is 11.2 Å². The molecule has 0 heterocycles. The lowest BCUT2D eigenvalue weighted by Gasteiger charge is -2.41. The van der Waals surface area contributed by atoms with Gasteiger partial charge in [-0.2, -0.15) is 0 Å². The third kappa shape index (κ3) is 7.12. The van der Waals surface area contributed by atoms with Gasteiger partial charge in [-0.1, -0.05) is 192 Å². The molecule has 0 spiro atoms. The third-order valence-corrected chi connectivity index (χ3v) is 29.7. The van der Waals surface area contributed by atoms with Gasteiger partial charge >= 0.3 is 0 Å². The van der Waals surface area contributed by atoms with Crippen LogP contribution in [-0.4, -0.2) is 26.4 Å². The fourth-order valence-electron chi connectivity index (χ4n) is 13.6. The highest BCUT2D eigenvalue weighted by Crippen LogP contribution is 2.56. The lowest BCUT2D eigenvalue weighted by atomic mass is 9.65. The molecule has 8 aromatic rings. The van der Waals surface area contributed by atoms with Gasteiger partial charge < -0.3 is 10.2 Å². The first kappa shape index (κ1) is 47.7. The molecule has 0 atom stereocenters. The topological polar surface area (TPSA) is 40.5 Å². The molecule has 2 N–H and O–H groups in total. The molecule has 0 bridgehead atoms. The molecule has 0 aliphatic heterocycles. The Morgan fingerprint density at radius 1 is 0.314 bits per heavy atom. The molecular weight excluding hydrogens is 881 g/mol. The highest BCUT2D eigenvalue weighted by Gasteiger charge is 2.49. The molecule has 2 aliphatic carbocycles. The molecule has 10 rings (SSSR count). The molecule has 0 amide bonds. The molecule has 2 aliphatic rings. The molecule has 8 aromatic carbocycles. The van der Waals surface area contributed by atoms with Crippen molar-refractivity contribution in [2.24, 2.45) is 0 Å². The van der Waals surface area contributed by atoms with Crippen LogP contribution in [0.3, 0.4) is 0 Å². The second-order valence-corrected chi connectivity index (χ2v) is 33.6. The Morgan fingerprint density at radius 2 is 0.500 bits per heavy atom. The highest BCUT2D eigenvalue weighted by molar-refractivity contribution is 6.91. The minimum atomic E-state index is -2.33. The monoisotopic (exact) mass is 948 g/mol. The summed E-state index contributed by atoms with van der Waals surface area (Å²) in [6.07, 6.45) is 0. The van der Waals surface area contributed by atoms with Crippen molar-refractivity contribution in [1.82, 2.24) is 0 Å². The zero-order valence-corrected chi connectivity index (χ0v) is 45.2. The van der Waals surface area contributed by atoms with Crippen LogP contribution in [0.25, 0.3) is 54.2 Å². The van der Waals surface area contributed by atoms with Crippen LogP contribution in [0.15, 0.2) is 146 Å². The van der Waals surface area contributed by atoms with Crippen molar-refractivity contribution in [2.45, 2.75) is 128 Å². The van der Waals surface area contributed by atoms with Gasteiger partial charge in [0.05, 0.1) is 0 Å². The average Bonchev–Trinajstić information content (AvgIpc) is 3.33. The van der Waals surface area contributed by atoms with E-state index in [1.54, 1.807) is 0 Å². The predicted molar refractivity (Wildman–Crippen MR) is 304 cm³/mol. The lowest BCUT2D eigenvalue weighted by molar-refractivity contribution is 0.143. The van der Waals surface area contributed by atoms with Crippen molar-refractivity contribution in [3.8, 4) is 22.9 Å². The van der Waals surface area contributed by atoms with E-state index in [-0.39, 0.29) is 0 Å². The molecule has 0 saturated heterocycles. The van der Waals surface area contributed by atoms with E-state index in [0.717, 1.165) is 98.7 Å². The molecule has 0 radical (unpaired) electrons. The van der Waals surface area contributed by atoms with Gasteiger partial charge in [0, 0.05) is 22.3 Å². The Kier molecular flexibility index (Phi) is 11.9. The van der Waals surface area contributed by atoms with Crippen LogP contribution in [0.2, 0.25) is 33.2 Å². The molecule has 0 aromatic heterocycles. The molecule has 0 unspecified atom stereocenters. The van der Waals surface area contributed by atoms with Crippen molar-refractivity contribution in [3.05, 3.63) is 190 Å². The van der Waals surface area contributed by atoms with E-state index in [2.05, 4.69) is 252 Å². The summed E-state index contributed by atoms with van der Waals surface area (Å²) in [5.74, 6) is 7.59. The van der Waals surface area contributed by atoms with E-state index < -0.39 is 27.3 Å². The van der Waals surface area contributed by atoms with E-state index in [4.69, 9.17) is 0 Å². The Hall–Kier alpha value is -5.99. The zero-order valence-electron chi connectivity index (χ0n) is 43.2. The van der Waals surface area contributed by atoms with Crippen LogP contribution in [0, 0.1) is 22.9 Å². The number of benzene rings is 8. The lowest BCUT2D eigenvalue weighted by Crippen LogP contribution is -2.44. The van der Waals surface area contributed by atoms with E-state index in [1.165, 1.54) is 0 Å². The van der Waals surface area contributed by atoms with Crippen molar-refractivity contribution in [1.29, 1.82) is 0 Å². The normalized spacial score (nSPS) is 17.9. The van der Waals surface area contributed by atoms with Crippen LogP contribution in [0.1, 0.15) is 128 Å². The number of rotatable bonds is 6. The van der Waals surface area contributed by atoms with Crippen LogP contribution in [0.4, 0.5) is 0 Å². The average molecular weight is 949 g/mol. The Bertz CT molecular complexity index is 3120. The fraction of sp³-hybridized carbons (Fsp3) is 0.303. The molecule has 352 valence electrons. The Labute approximate surface area is 418 Å². The van der Waals surface area contributed by atoms with Crippen molar-refractivity contribution >= 4 is 70.4 Å². The quantitative estimate of drug-likeness (QED) is 0.129. The van der Waals surface area contributed by atoms with Gasteiger partial charge in [0.25, 0.3) is 0 Å². The summed E-state index contributed by atoms with van der Waals surface area (Å²) in [7, 11) is -4.67. The van der Waals surface area contributed by atoms with Gasteiger partial charge in [-0.15, -0.1) is 11.1 Å². The molecule has 4 heteroatoms. The number of aliphatic hydroxyl groups is 2. The summed E-state index contributed by atoms with van der Waals surface area (Å²) >= 11 is 0.